The van der Waals surface area contributed by atoms with Gasteiger partial charge in [-0.15, -0.1) is 11.8 Å². The van der Waals surface area contributed by atoms with Crippen molar-refractivity contribution < 1.29 is 8.78 Å². The third kappa shape index (κ3) is 2.20. The fourth-order valence-corrected chi connectivity index (χ4v) is 2.66. The van der Waals surface area contributed by atoms with Crippen molar-refractivity contribution in [1.29, 1.82) is 5.26 Å². The zero-order valence-electron chi connectivity index (χ0n) is 10.6. The molecule has 0 spiro atoms. The third-order valence-corrected chi connectivity index (χ3v) is 3.87. The molecule has 0 saturated heterocycles. The SMILES string of the molecule is CCCSc1c(C#N)c(F)c2c(N)nc(N)nc2c1F. The first kappa shape index (κ1) is 14.3. The van der Waals surface area contributed by atoms with Crippen LogP contribution in [-0.2, 0) is 0 Å². The van der Waals surface area contributed by atoms with E-state index in [9.17, 15) is 8.78 Å². The van der Waals surface area contributed by atoms with Crippen LogP contribution in [0.5, 0.6) is 0 Å². The average Bonchev–Trinajstić information content (AvgIpc) is 2.40. The second kappa shape index (κ2) is 5.46. The van der Waals surface area contributed by atoms with E-state index in [4.69, 9.17) is 16.7 Å². The second-order valence-corrected chi connectivity index (χ2v) is 5.09. The number of nitriles is 1. The van der Waals surface area contributed by atoms with Gasteiger partial charge in [-0.2, -0.15) is 10.2 Å². The zero-order valence-corrected chi connectivity index (χ0v) is 11.4. The molecule has 1 aromatic heterocycles. The molecule has 20 heavy (non-hydrogen) atoms. The molecule has 1 heterocycles. The molecule has 0 aliphatic rings. The standard InChI is InChI=1S/C12H11F2N5S/c1-2-3-20-10-5(4-15)7(13)6-9(8(10)14)18-12(17)19-11(6)16/h2-3H2,1H3,(H4,16,17,18,19). The summed E-state index contributed by atoms with van der Waals surface area (Å²) in [5.41, 5.74) is 10.3. The van der Waals surface area contributed by atoms with Crippen molar-refractivity contribution in [3.05, 3.63) is 17.2 Å². The van der Waals surface area contributed by atoms with E-state index in [2.05, 4.69) is 9.97 Å². The summed E-state index contributed by atoms with van der Waals surface area (Å²) in [5, 5.41) is 8.74. The molecule has 2 aromatic rings. The molecule has 4 N–H and O–H groups in total. The number of anilines is 2. The minimum Gasteiger partial charge on any atom is -0.383 e. The first-order chi connectivity index (χ1) is 9.51. The molecule has 5 nitrogen and oxygen atoms in total. The van der Waals surface area contributed by atoms with Crippen molar-refractivity contribution in [3.8, 4) is 6.07 Å². The van der Waals surface area contributed by atoms with Gasteiger partial charge >= 0.3 is 0 Å². The molecule has 0 unspecified atom stereocenters. The van der Waals surface area contributed by atoms with Gasteiger partial charge in [0.15, 0.2) is 11.6 Å². The Hall–Kier alpha value is -2.14. The van der Waals surface area contributed by atoms with Gasteiger partial charge in [0, 0.05) is 0 Å². The summed E-state index contributed by atoms with van der Waals surface area (Å²) in [6.45, 7) is 1.90. The van der Waals surface area contributed by atoms with Crippen LogP contribution in [0.1, 0.15) is 18.9 Å². The minimum absolute atomic E-state index is 0.0724. The number of thioether (sulfide) groups is 1. The predicted molar refractivity (Wildman–Crippen MR) is 74.0 cm³/mol. The van der Waals surface area contributed by atoms with Crippen LogP contribution < -0.4 is 11.5 Å². The zero-order chi connectivity index (χ0) is 14.9. The summed E-state index contributed by atoms with van der Waals surface area (Å²) >= 11 is 1.06. The molecule has 0 saturated carbocycles. The highest BCUT2D eigenvalue weighted by Crippen LogP contribution is 2.35. The van der Waals surface area contributed by atoms with Crippen LogP contribution in [0.25, 0.3) is 10.9 Å². The van der Waals surface area contributed by atoms with Crippen LogP contribution in [0.2, 0.25) is 0 Å². The Kier molecular flexibility index (Phi) is 3.90. The molecule has 104 valence electrons. The molecule has 8 heteroatoms. The predicted octanol–water partition coefficient (Wildman–Crippen LogP) is 2.45. The van der Waals surface area contributed by atoms with Crippen molar-refractivity contribution in [2.75, 3.05) is 17.2 Å². The van der Waals surface area contributed by atoms with Gasteiger partial charge in [0.1, 0.15) is 23.0 Å². The first-order valence-corrected chi connectivity index (χ1v) is 6.76. The van der Waals surface area contributed by atoms with E-state index in [1.807, 2.05) is 6.92 Å². The monoisotopic (exact) mass is 295 g/mol. The number of benzene rings is 1. The van der Waals surface area contributed by atoms with Crippen LogP contribution in [-0.4, -0.2) is 15.7 Å². The number of halogens is 2. The number of nitrogens with zero attached hydrogens (tertiary/aromatic N) is 3. The van der Waals surface area contributed by atoms with Gasteiger partial charge in [0.2, 0.25) is 5.95 Å². The molecule has 0 radical (unpaired) electrons. The van der Waals surface area contributed by atoms with Crippen molar-refractivity contribution in [2.45, 2.75) is 18.2 Å². The Labute approximate surface area is 118 Å². The maximum atomic E-state index is 14.4. The van der Waals surface area contributed by atoms with Crippen LogP contribution in [0.15, 0.2) is 4.90 Å². The maximum Gasteiger partial charge on any atom is 0.222 e. The van der Waals surface area contributed by atoms with E-state index in [-0.39, 0.29) is 33.1 Å². The number of nitrogen functional groups attached to an aromatic ring is 2. The lowest BCUT2D eigenvalue weighted by atomic mass is 10.1. The van der Waals surface area contributed by atoms with Gasteiger partial charge in [-0.1, -0.05) is 6.92 Å². The molecule has 0 bridgehead atoms. The van der Waals surface area contributed by atoms with E-state index in [0.29, 0.717) is 5.75 Å². The summed E-state index contributed by atoms with van der Waals surface area (Å²) in [6.07, 6.45) is 0.753. The van der Waals surface area contributed by atoms with E-state index in [0.717, 1.165) is 18.2 Å². The van der Waals surface area contributed by atoms with Crippen molar-refractivity contribution in [2.24, 2.45) is 0 Å². The number of nitrogens with two attached hydrogens (primary N) is 2. The molecule has 1 aromatic carbocycles. The second-order valence-electron chi connectivity index (χ2n) is 3.98. The van der Waals surface area contributed by atoms with Crippen molar-refractivity contribution in [1.82, 2.24) is 9.97 Å². The molecule has 0 amide bonds. The first-order valence-electron chi connectivity index (χ1n) is 5.77. The lowest BCUT2D eigenvalue weighted by molar-refractivity contribution is 0.588. The van der Waals surface area contributed by atoms with Crippen LogP contribution in [0, 0.1) is 23.0 Å². The highest BCUT2D eigenvalue weighted by atomic mass is 32.2. The van der Waals surface area contributed by atoms with Gasteiger partial charge < -0.3 is 11.5 Å². The molecular formula is C12H11F2N5S. The molecule has 0 atom stereocenters. The molecule has 0 fully saturated rings. The summed E-state index contributed by atoms with van der Waals surface area (Å²) in [5.74, 6) is -1.69. The van der Waals surface area contributed by atoms with Gasteiger partial charge in [-0.3, -0.25) is 0 Å². The topological polar surface area (TPSA) is 102 Å². The number of rotatable bonds is 3. The van der Waals surface area contributed by atoms with E-state index < -0.39 is 11.6 Å². The van der Waals surface area contributed by atoms with Gasteiger partial charge in [0.05, 0.1) is 10.3 Å². The number of hydrogen-bond acceptors (Lipinski definition) is 6. The highest BCUT2D eigenvalue weighted by Gasteiger charge is 2.23. The summed E-state index contributed by atoms with van der Waals surface area (Å²) in [4.78, 5) is 7.21. The maximum absolute atomic E-state index is 14.4. The molecular weight excluding hydrogens is 284 g/mol. The molecule has 2 rings (SSSR count). The third-order valence-electron chi connectivity index (χ3n) is 2.59. The quantitative estimate of drug-likeness (QED) is 0.843. The smallest absolute Gasteiger partial charge is 0.222 e. The molecule has 0 aliphatic heterocycles. The lowest BCUT2D eigenvalue weighted by Crippen LogP contribution is -2.06. The average molecular weight is 295 g/mol. The van der Waals surface area contributed by atoms with Crippen LogP contribution >= 0.6 is 11.8 Å². The van der Waals surface area contributed by atoms with E-state index in [1.54, 1.807) is 6.07 Å². The Morgan fingerprint density at radius 3 is 2.55 bits per heavy atom. The molecule has 0 aliphatic carbocycles. The fraction of sp³-hybridized carbons (Fsp3) is 0.250. The fourth-order valence-electron chi connectivity index (χ4n) is 1.75. The summed E-state index contributed by atoms with van der Waals surface area (Å²) < 4.78 is 28.8. The lowest BCUT2D eigenvalue weighted by Gasteiger charge is -2.11. The number of fused-ring (bicyclic) bond motifs is 1. The van der Waals surface area contributed by atoms with E-state index in [1.165, 1.54) is 0 Å². The van der Waals surface area contributed by atoms with E-state index >= 15 is 0 Å². The summed E-state index contributed by atoms with van der Waals surface area (Å²) in [7, 11) is 0. The van der Waals surface area contributed by atoms with Crippen LogP contribution in [0.3, 0.4) is 0 Å². The normalized spacial score (nSPS) is 10.7. The van der Waals surface area contributed by atoms with Crippen molar-refractivity contribution in [3.63, 3.8) is 0 Å². The Morgan fingerprint density at radius 1 is 1.25 bits per heavy atom. The Bertz CT molecular complexity index is 726. The number of hydrogen-bond donors (Lipinski definition) is 2. The van der Waals surface area contributed by atoms with Gasteiger partial charge in [-0.05, 0) is 12.2 Å². The number of aromatic nitrogens is 2. The Morgan fingerprint density at radius 2 is 1.95 bits per heavy atom. The highest BCUT2D eigenvalue weighted by molar-refractivity contribution is 7.99. The van der Waals surface area contributed by atoms with Crippen molar-refractivity contribution >= 4 is 34.4 Å². The van der Waals surface area contributed by atoms with Gasteiger partial charge in [0.25, 0.3) is 0 Å². The minimum atomic E-state index is -0.917. The van der Waals surface area contributed by atoms with Crippen LogP contribution in [0.4, 0.5) is 20.5 Å². The largest absolute Gasteiger partial charge is 0.383 e. The van der Waals surface area contributed by atoms with Gasteiger partial charge in [-0.25, -0.2) is 13.8 Å². The Balaban J connectivity index is 2.87. The summed E-state index contributed by atoms with van der Waals surface area (Å²) in [6, 6.07) is 1.67.